The number of carbonyl (C=O) groups excluding carboxylic acids is 1. The summed E-state index contributed by atoms with van der Waals surface area (Å²) in [6, 6.07) is 8.33. The molecule has 21 heavy (non-hydrogen) atoms. The Kier molecular flexibility index (Phi) is 5.26. The number of halogens is 1. The number of aromatic nitrogens is 1. The van der Waals surface area contributed by atoms with Gasteiger partial charge in [0.25, 0.3) is 5.91 Å². The van der Waals surface area contributed by atoms with Crippen molar-refractivity contribution in [2.75, 3.05) is 18.4 Å². The van der Waals surface area contributed by atoms with Crippen molar-refractivity contribution < 1.29 is 9.18 Å². The molecule has 1 amide bonds. The highest BCUT2D eigenvalue weighted by Crippen LogP contribution is 2.13. The van der Waals surface area contributed by atoms with Gasteiger partial charge in [-0.1, -0.05) is 18.2 Å². The van der Waals surface area contributed by atoms with Crippen LogP contribution in [0.15, 0.2) is 42.7 Å². The molecule has 0 fully saturated rings. The van der Waals surface area contributed by atoms with Gasteiger partial charge in [0.1, 0.15) is 5.82 Å². The molecule has 5 heteroatoms. The molecule has 0 aliphatic rings. The summed E-state index contributed by atoms with van der Waals surface area (Å²) < 4.78 is 13.5. The third kappa shape index (κ3) is 4.02. The number of carbonyl (C=O) groups is 1. The lowest BCUT2D eigenvalue weighted by atomic mass is 10.1. The number of benzene rings is 1. The van der Waals surface area contributed by atoms with Gasteiger partial charge in [-0.05, 0) is 31.0 Å². The summed E-state index contributed by atoms with van der Waals surface area (Å²) in [5.41, 5.74) is 1.83. The van der Waals surface area contributed by atoms with Crippen LogP contribution < -0.4 is 10.6 Å². The quantitative estimate of drug-likeness (QED) is 0.858. The van der Waals surface area contributed by atoms with Crippen molar-refractivity contribution in [3.8, 4) is 0 Å². The van der Waals surface area contributed by atoms with Crippen LogP contribution in [0.5, 0.6) is 0 Å². The fourth-order valence-corrected chi connectivity index (χ4v) is 2.03. The first-order valence-electron chi connectivity index (χ1n) is 6.92. The summed E-state index contributed by atoms with van der Waals surface area (Å²) in [6.07, 6.45) is 3.61. The molecule has 0 spiro atoms. The van der Waals surface area contributed by atoms with Crippen LogP contribution in [0.25, 0.3) is 0 Å². The van der Waals surface area contributed by atoms with Crippen LogP contribution >= 0.6 is 0 Å². The summed E-state index contributed by atoms with van der Waals surface area (Å²) in [5.74, 6) is -0.461. The lowest BCUT2D eigenvalue weighted by Crippen LogP contribution is -2.27. The largest absolute Gasteiger partial charge is 0.385 e. The van der Waals surface area contributed by atoms with Crippen molar-refractivity contribution in [2.24, 2.45) is 0 Å². The maximum atomic E-state index is 13.5. The maximum Gasteiger partial charge on any atom is 0.254 e. The van der Waals surface area contributed by atoms with Gasteiger partial charge in [-0.25, -0.2) is 4.39 Å². The lowest BCUT2D eigenvalue weighted by molar-refractivity contribution is 0.0954. The monoisotopic (exact) mass is 287 g/mol. The minimum absolute atomic E-state index is 0.213. The van der Waals surface area contributed by atoms with E-state index < -0.39 is 0 Å². The van der Waals surface area contributed by atoms with Gasteiger partial charge in [0.05, 0.1) is 11.3 Å². The Bertz CT molecular complexity index is 616. The molecule has 2 N–H and O–H groups in total. The summed E-state index contributed by atoms with van der Waals surface area (Å²) in [5, 5.41) is 5.90. The Morgan fingerprint density at radius 1 is 1.29 bits per heavy atom. The Balaban J connectivity index is 1.95. The zero-order valence-corrected chi connectivity index (χ0v) is 11.9. The summed E-state index contributed by atoms with van der Waals surface area (Å²) in [4.78, 5) is 16.1. The smallest absolute Gasteiger partial charge is 0.254 e. The molecule has 0 radical (unpaired) electrons. The van der Waals surface area contributed by atoms with Gasteiger partial charge < -0.3 is 10.6 Å². The van der Waals surface area contributed by atoms with Gasteiger partial charge in [-0.2, -0.15) is 0 Å². The van der Waals surface area contributed by atoms with E-state index in [-0.39, 0.29) is 11.7 Å². The number of nitrogens with one attached hydrogen (secondary N) is 2. The van der Waals surface area contributed by atoms with E-state index in [0.717, 1.165) is 12.2 Å². The van der Waals surface area contributed by atoms with E-state index in [4.69, 9.17) is 0 Å². The second-order valence-electron chi connectivity index (χ2n) is 4.55. The standard InChI is InChI=1S/C16H18FN3O/c1-2-19-15-8-9-18-11-13(15)16(21)20-10-7-12-5-3-4-6-14(12)17/h3-6,8-9,11H,2,7,10H2,1H3,(H,18,19)(H,20,21). The van der Waals surface area contributed by atoms with E-state index in [0.29, 0.717) is 24.1 Å². The summed E-state index contributed by atoms with van der Waals surface area (Å²) >= 11 is 0. The highest BCUT2D eigenvalue weighted by Gasteiger charge is 2.10. The molecular weight excluding hydrogens is 269 g/mol. The predicted octanol–water partition coefficient (Wildman–Crippen LogP) is 2.63. The van der Waals surface area contributed by atoms with Crippen molar-refractivity contribution in [3.05, 3.63) is 59.7 Å². The average Bonchev–Trinajstić information content (AvgIpc) is 2.50. The number of hydrogen-bond acceptors (Lipinski definition) is 3. The Labute approximate surface area is 123 Å². The first kappa shape index (κ1) is 15.0. The second kappa shape index (κ2) is 7.38. The molecule has 4 nitrogen and oxygen atoms in total. The normalized spacial score (nSPS) is 10.2. The van der Waals surface area contributed by atoms with Crippen molar-refractivity contribution >= 4 is 11.6 Å². The first-order valence-corrected chi connectivity index (χ1v) is 6.92. The molecule has 1 aromatic heterocycles. The van der Waals surface area contributed by atoms with Crippen LogP contribution in [0.2, 0.25) is 0 Å². The van der Waals surface area contributed by atoms with Crippen LogP contribution in [0.4, 0.5) is 10.1 Å². The van der Waals surface area contributed by atoms with E-state index in [2.05, 4.69) is 15.6 Å². The molecule has 110 valence electrons. The van der Waals surface area contributed by atoms with Crippen LogP contribution in [-0.2, 0) is 6.42 Å². The number of hydrogen-bond donors (Lipinski definition) is 2. The molecule has 0 aliphatic heterocycles. The summed E-state index contributed by atoms with van der Waals surface area (Å²) in [7, 11) is 0. The predicted molar refractivity (Wildman–Crippen MR) is 80.8 cm³/mol. The molecular formula is C16H18FN3O. The molecule has 0 atom stereocenters. The number of pyridine rings is 1. The van der Waals surface area contributed by atoms with Gasteiger partial charge >= 0.3 is 0 Å². The van der Waals surface area contributed by atoms with Crippen LogP contribution in [0.3, 0.4) is 0 Å². The minimum atomic E-state index is -0.249. The van der Waals surface area contributed by atoms with Crippen LogP contribution in [0.1, 0.15) is 22.8 Å². The van der Waals surface area contributed by atoms with E-state index in [1.165, 1.54) is 12.3 Å². The zero-order chi connectivity index (χ0) is 15.1. The highest BCUT2D eigenvalue weighted by molar-refractivity contribution is 5.99. The van der Waals surface area contributed by atoms with Gasteiger partial charge in [-0.3, -0.25) is 9.78 Å². The van der Waals surface area contributed by atoms with Crippen molar-refractivity contribution in [3.63, 3.8) is 0 Å². The molecule has 0 saturated heterocycles. The summed E-state index contributed by atoms with van der Waals surface area (Å²) in [6.45, 7) is 3.06. The molecule has 2 aromatic rings. The Morgan fingerprint density at radius 3 is 2.86 bits per heavy atom. The molecule has 1 heterocycles. The van der Waals surface area contributed by atoms with Crippen molar-refractivity contribution in [1.82, 2.24) is 10.3 Å². The second-order valence-corrected chi connectivity index (χ2v) is 4.55. The van der Waals surface area contributed by atoms with Crippen LogP contribution in [0, 0.1) is 5.82 Å². The fourth-order valence-electron chi connectivity index (χ4n) is 2.03. The topological polar surface area (TPSA) is 54.0 Å². The zero-order valence-electron chi connectivity index (χ0n) is 11.9. The van der Waals surface area contributed by atoms with Gasteiger partial charge in [0.15, 0.2) is 0 Å². The van der Waals surface area contributed by atoms with Crippen molar-refractivity contribution in [2.45, 2.75) is 13.3 Å². The van der Waals surface area contributed by atoms with E-state index in [9.17, 15) is 9.18 Å². The van der Waals surface area contributed by atoms with E-state index in [1.807, 2.05) is 6.92 Å². The molecule has 1 aromatic carbocycles. The van der Waals surface area contributed by atoms with Gasteiger partial charge in [0.2, 0.25) is 0 Å². The van der Waals surface area contributed by atoms with Crippen LogP contribution in [-0.4, -0.2) is 24.0 Å². The minimum Gasteiger partial charge on any atom is -0.385 e. The first-order chi connectivity index (χ1) is 10.2. The molecule has 0 aliphatic carbocycles. The maximum absolute atomic E-state index is 13.5. The molecule has 0 saturated carbocycles. The van der Waals surface area contributed by atoms with E-state index >= 15 is 0 Å². The molecule has 2 rings (SSSR count). The molecule has 0 bridgehead atoms. The third-order valence-electron chi connectivity index (χ3n) is 3.07. The fraction of sp³-hybridized carbons (Fsp3) is 0.250. The highest BCUT2D eigenvalue weighted by atomic mass is 19.1. The van der Waals surface area contributed by atoms with E-state index in [1.54, 1.807) is 30.5 Å². The number of amides is 1. The Morgan fingerprint density at radius 2 is 2.10 bits per heavy atom. The average molecular weight is 287 g/mol. The Hall–Kier alpha value is -2.43. The van der Waals surface area contributed by atoms with Gasteiger partial charge in [-0.15, -0.1) is 0 Å². The van der Waals surface area contributed by atoms with Gasteiger partial charge in [0, 0.05) is 25.5 Å². The third-order valence-corrected chi connectivity index (χ3v) is 3.07. The SMILES string of the molecule is CCNc1ccncc1C(=O)NCCc1ccccc1F. The molecule has 0 unspecified atom stereocenters. The number of rotatable bonds is 6. The number of anilines is 1. The lowest BCUT2D eigenvalue weighted by Gasteiger charge is -2.10. The van der Waals surface area contributed by atoms with Crippen molar-refractivity contribution in [1.29, 1.82) is 0 Å². The number of nitrogens with zero attached hydrogens (tertiary/aromatic N) is 1.